The SMILES string of the molecule is CNc1ncc(C)c(Oc2cccc(C(C)C)c2)n1. The number of benzene rings is 1. The van der Waals surface area contributed by atoms with E-state index in [0.29, 0.717) is 17.7 Å². The van der Waals surface area contributed by atoms with Gasteiger partial charge < -0.3 is 10.1 Å². The van der Waals surface area contributed by atoms with E-state index in [1.165, 1.54) is 5.56 Å². The fraction of sp³-hybridized carbons (Fsp3) is 0.333. The van der Waals surface area contributed by atoms with Gasteiger partial charge in [0.2, 0.25) is 11.8 Å². The highest BCUT2D eigenvalue weighted by molar-refractivity contribution is 5.37. The second-order valence-electron chi connectivity index (χ2n) is 4.76. The smallest absolute Gasteiger partial charge is 0.226 e. The minimum atomic E-state index is 0.475. The van der Waals surface area contributed by atoms with Crippen molar-refractivity contribution in [2.45, 2.75) is 26.7 Å². The van der Waals surface area contributed by atoms with Crippen molar-refractivity contribution < 1.29 is 4.74 Å². The molecule has 4 heteroatoms. The molecule has 0 aliphatic heterocycles. The van der Waals surface area contributed by atoms with Crippen LogP contribution in [0.1, 0.15) is 30.9 Å². The van der Waals surface area contributed by atoms with Gasteiger partial charge in [0, 0.05) is 18.8 Å². The normalized spacial score (nSPS) is 10.6. The van der Waals surface area contributed by atoms with E-state index >= 15 is 0 Å². The van der Waals surface area contributed by atoms with Gasteiger partial charge in [-0.25, -0.2) is 4.98 Å². The molecule has 4 nitrogen and oxygen atoms in total. The first-order valence-corrected chi connectivity index (χ1v) is 6.39. The number of aryl methyl sites for hydroxylation is 1. The summed E-state index contributed by atoms with van der Waals surface area (Å²) >= 11 is 0. The predicted octanol–water partition coefficient (Wildman–Crippen LogP) is 3.74. The molecule has 2 aromatic rings. The van der Waals surface area contributed by atoms with Crippen molar-refractivity contribution in [1.82, 2.24) is 9.97 Å². The predicted molar refractivity (Wildman–Crippen MR) is 76.9 cm³/mol. The van der Waals surface area contributed by atoms with Gasteiger partial charge in [-0.1, -0.05) is 26.0 Å². The number of hydrogen-bond donors (Lipinski definition) is 1. The molecule has 100 valence electrons. The Labute approximate surface area is 113 Å². The topological polar surface area (TPSA) is 47.0 Å². The largest absolute Gasteiger partial charge is 0.439 e. The van der Waals surface area contributed by atoms with Gasteiger partial charge in [0.25, 0.3) is 0 Å². The van der Waals surface area contributed by atoms with E-state index in [4.69, 9.17) is 4.74 Å². The van der Waals surface area contributed by atoms with E-state index < -0.39 is 0 Å². The molecule has 1 heterocycles. The number of rotatable bonds is 4. The third-order valence-corrected chi connectivity index (χ3v) is 2.89. The summed E-state index contributed by atoms with van der Waals surface area (Å²) in [5.74, 6) is 2.42. The Balaban J connectivity index is 2.28. The molecule has 0 aliphatic rings. The number of nitrogens with one attached hydrogen (secondary N) is 1. The molecule has 1 aromatic carbocycles. The van der Waals surface area contributed by atoms with Gasteiger partial charge in [-0.3, -0.25) is 0 Å². The van der Waals surface area contributed by atoms with Gasteiger partial charge in [0.1, 0.15) is 5.75 Å². The Morgan fingerprint density at radius 1 is 1.26 bits per heavy atom. The lowest BCUT2D eigenvalue weighted by atomic mass is 10.0. The highest BCUT2D eigenvalue weighted by atomic mass is 16.5. The molecule has 1 aromatic heterocycles. The minimum Gasteiger partial charge on any atom is -0.439 e. The average molecular weight is 257 g/mol. The number of hydrogen-bond acceptors (Lipinski definition) is 4. The van der Waals surface area contributed by atoms with E-state index in [1.807, 2.05) is 25.1 Å². The molecule has 0 spiro atoms. The Morgan fingerprint density at radius 2 is 2.05 bits per heavy atom. The monoisotopic (exact) mass is 257 g/mol. The lowest BCUT2D eigenvalue weighted by Gasteiger charge is -2.11. The van der Waals surface area contributed by atoms with Gasteiger partial charge in [-0.2, -0.15) is 4.98 Å². The molecule has 2 rings (SSSR count). The third kappa shape index (κ3) is 3.22. The van der Waals surface area contributed by atoms with Crippen molar-refractivity contribution in [1.29, 1.82) is 0 Å². The molecule has 0 saturated carbocycles. The van der Waals surface area contributed by atoms with E-state index in [2.05, 4.69) is 35.2 Å². The summed E-state index contributed by atoms with van der Waals surface area (Å²) in [5.41, 5.74) is 2.16. The Hall–Kier alpha value is -2.10. The fourth-order valence-corrected chi connectivity index (χ4v) is 1.70. The van der Waals surface area contributed by atoms with Gasteiger partial charge >= 0.3 is 0 Å². The highest BCUT2D eigenvalue weighted by Crippen LogP contribution is 2.26. The van der Waals surface area contributed by atoms with Crippen molar-refractivity contribution in [2.24, 2.45) is 0 Å². The zero-order valence-corrected chi connectivity index (χ0v) is 11.8. The van der Waals surface area contributed by atoms with Crippen LogP contribution < -0.4 is 10.1 Å². The van der Waals surface area contributed by atoms with Crippen LogP contribution >= 0.6 is 0 Å². The van der Waals surface area contributed by atoms with Gasteiger partial charge in [-0.15, -0.1) is 0 Å². The standard InChI is InChI=1S/C15H19N3O/c1-10(2)12-6-5-7-13(8-12)19-14-11(3)9-17-15(16-4)18-14/h5-10H,1-4H3,(H,16,17,18). The first kappa shape index (κ1) is 13.3. The summed E-state index contributed by atoms with van der Waals surface area (Å²) in [7, 11) is 1.79. The summed E-state index contributed by atoms with van der Waals surface area (Å²) in [4.78, 5) is 8.46. The molecular weight excluding hydrogens is 238 g/mol. The molecule has 0 unspecified atom stereocenters. The molecule has 1 N–H and O–H groups in total. The zero-order chi connectivity index (χ0) is 13.8. The van der Waals surface area contributed by atoms with Gasteiger partial charge in [-0.05, 0) is 30.5 Å². The first-order chi connectivity index (χ1) is 9.10. The van der Waals surface area contributed by atoms with Crippen LogP contribution in [0, 0.1) is 6.92 Å². The average Bonchev–Trinajstić information content (AvgIpc) is 2.41. The molecule has 0 atom stereocenters. The van der Waals surface area contributed by atoms with Crippen LogP contribution in [-0.4, -0.2) is 17.0 Å². The first-order valence-electron chi connectivity index (χ1n) is 6.39. The number of aromatic nitrogens is 2. The molecule has 0 aliphatic carbocycles. The van der Waals surface area contributed by atoms with Crippen molar-refractivity contribution in [3.05, 3.63) is 41.6 Å². The molecule has 19 heavy (non-hydrogen) atoms. The maximum absolute atomic E-state index is 5.85. The number of anilines is 1. The molecule has 0 bridgehead atoms. The lowest BCUT2D eigenvalue weighted by molar-refractivity contribution is 0.457. The van der Waals surface area contributed by atoms with Crippen molar-refractivity contribution >= 4 is 5.95 Å². The third-order valence-electron chi connectivity index (χ3n) is 2.89. The van der Waals surface area contributed by atoms with Crippen LogP contribution in [0.5, 0.6) is 11.6 Å². The highest BCUT2D eigenvalue weighted by Gasteiger charge is 2.07. The number of ether oxygens (including phenoxy) is 1. The second-order valence-corrected chi connectivity index (χ2v) is 4.76. The van der Waals surface area contributed by atoms with Crippen molar-refractivity contribution in [3.63, 3.8) is 0 Å². The number of nitrogens with zero attached hydrogens (tertiary/aromatic N) is 2. The van der Waals surface area contributed by atoms with Crippen LogP contribution in [0.4, 0.5) is 5.95 Å². The molecule has 0 radical (unpaired) electrons. The molecule has 0 amide bonds. The van der Waals surface area contributed by atoms with E-state index in [-0.39, 0.29) is 0 Å². The zero-order valence-electron chi connectivity index (χ0n) is 11.8. The summed E-state index contributed by atoms with van der Waals surface area (Å²) < 4.78 is 5.85. The summed E-state index contributed by atoms with van der Waals surface area (Å²) in [6, 6.07) is 8.08. The summed E-state index contributed by atoms with van der Waals surface area (Å²) in [6.07, 6.45) is 1.75. The Bertz CT molecular complexity index is 567. The van der Waals surface area contributed by atoms with Crippen molar-refractivity contribution in [3.8, 4) is 11.6 Å². The van der Waals surface area contributed by atoms with Crippen LogP contribution in [0.2, 0.25) is 0 Å². The van der Waals surface area contributed by atoms with E-state index in [9.17, 15) is 0 Å². The van der Waals surface area contributed by atoms with Crippen LogP contribution in [0.3, 0.4) is 0 Å². The second kappa shape index (κ2) is 5.69. The van der Waals surface area contributed by atoms with Gasteiger partial charge in [0.05, 0.1) is 0 Å². The maximum Gasteiger partial charge on any atom is 0.226 e. The Morgan fingerprint density at radius 3 is 2.74 bits per heavy atom. The fourth-order valence-electron chi connectivity index (χ4n) is 1.70. The molecule has 0 fully saturated rings. The minimum absolute atomic E-state index is 0.475. The Kier molecular flexibility index (Phi) is 4.00. The van der Waals surface area contributed by atoms with Crippen molar-refractivity contribution in [2.75, 3.05) is 12.4 Å². The van der Waals surface area contributed by atoms with E-state index in [0.717, 1.165) is 11.3 Å². The lowest BCUT2D eigenvalue weighted by Crippen LogP contribution is -2.00. The van der Waals surface area contributed by atoms with Gasteiger partial charge in [0.15, 0.2) is 0 Å². The van der Waals surface area contributed by atoms with Crippen LogP contribution in [-0.2, 0) is 0 Å². The quantitative estimate of drug-likeness (QED) is 0.906. The van der Waals surface area contributed by atoms with E-state index in [1.54, 1.807) is 13.2 Å². The maximum atomic E-state index is 5.85. The summed E-state index contributed by atoms with van der Waals surface area (Å²) in [6.45, 7) is 6.25. The van der Waals surface area contributed by atoms with Crippen LogP contribution in [0.15, 0.2) is 30.5 Å². The molecular formula is C15H19N3O. The van der Waals surface area contributed by atoms with Crippen LogP contribution in [0.25, 0.3) is 0 Å². The molecule has 0 saturated heterocycles. The summed E-state index contributed by atoms with van der Waals surface area (Å²) in [5, 5.41) is 2.91.